The summed E-state index contributed by atoms with van der Waals surface area (Å²) >= 11 is 0. The maximum atomic E-state index is 12.6. The fourth-order valence-corrected chi connectivity index (χ4v) is 3.60. The number of benzene rings is 1. The van der Waals surface area contributed by atoms with Gasteiger partial charge in [0.15, 0.2) is 0 Å². The minimum absolute atomic E-state index is 0. The van der Waals surface area contributed by atoms with Crippen molar-refractivity contribution in [2.24, 2.45) is 11.1 Å². The lowest BCUT2D eigenvalue weighted by Gasteiger charge is -2.29. The fourth-order valence-electron chi connectivity index (χ4n) is 2.04. The van der Waals surface area contributed by atoms with Gasteiger partial charge in [-0.05, 0) is 42.6 Å². The van der Waals surface area contributed by atoms with E-state index in [1.165, 1.54) is 14.0 Å². The zero-order valence-electron chi connectivity index (χ0n) is 13.4. The Morgan fingerprint density at radius 3 is 2.13 bits per heavy atom. The van der Waals surface area contributed by atoms with E-state index in [4.69, 9.17) is 5.73 Å². The molecule has 23 heavy (non-hydrogen) atoms. The largest absolute Gasteiger partial charge is 0.416 e. The van der Waals surface area contributed by atoms with E-state index in [0.29, 0.717) is 6.54 Å². The van der Waals surface area contributed by atoms with Crippen molar-refractivity contribution in [3.05, 3.63) is 29.3 Å². The van der Waals surface area contributed by atoms with Crippen LogP contribution in [-0.4, -0.2) is 32.9 Å². The van der Waals surface area contributed by atoms with Crippen LogP contribution < -0.4 is 5.73 Å². The van der Waals surface area contributed by atoms with Crippen LogP contribution in [0.25, 0.3) is 0 Å². The van der Waals surface area contributed by atoms with E-state index >= 15 is 0 Å². The molecular formula is C14H22ClF3N2O2S. The lowest BCUT2D eigenvalue weighted by Crippen LogP contribution is -2.39. The maximum absolute atomic E-state index is 12.6. The first kappa shape index (κ1) is 22.2. The molecule has 0 heterocycles. The molecule has 0 atom stereocenters. The summed E-state index contributed by atoms with van der Waals surface area (Å²) in [5.74, 6) is 0. The molecule has 1 aromatic carbocycles. The molecule has 0 aliphatic rings. The molecule has 0 saturated carbocycles. The van der Waals surface area contributed by atoms with Crippen LogP contribution in [0.5, 0.6) is 0 Å². The van der Waals surface area contributed by atoms with Gasteiger partial charge in [0.2, 0.25) is 10.0 Å². The molecule has 1 aromatic rings. The number of rotatable bonds is 5. The van der Waals surface area contributed by atoms with Gasteiger partial charge in [0.25, 0.3) is 0 Å². The van der Waals surface area contributed by atoms with Crippen molar-refractivity contribution in [1.82, 2.24) is 4.31 Å². The zero-order chi connectivity index (χ0) is 17.3. The van der Waals surface area contributed by atoms with Gasteiger partial charge < -0.3 is 5.73 Å². The maximum Gasteiger partial charge on any atom is 0.416 e. The van der Waals surface area contributed by atoms with Crippen molar-refractivity contribution in [3.63, 3.8) is 0 Å². The van der Waals surface area contributed by atoms with Crippen LogP contribution in [0.3, 0.4) is 0 Å². The average Bonchev–Trinajstić information content (AvgIpc) is 2.36. The zero-order valence-corrected chi connectivity index (χ0v) is 15.1. The number of sulfonamides is 1. The summed E-state index contributed by atoms with van der Waals surface area (Å²) in [6.45, 7) is 5.45. The van der Waals surface area contributed by atoms with E-state index in [-0.39, 0.29) is 29.4 Å². The number of nitrogens with zero attached hydrogens (tertiary/aromatic N) is 1. The quantitative estimate of drug-likeness (QED) is 0.861. The van der Waals surface area contributed by atoms with Crippen LogP contribution in [-0.2, 0) is 16.2 Å². The lowest BCUT2D eigenvalue weighted by atomic mass is 9.94. The molecule has 0 amide bonds. The molecule has 1 rings (SSSR count). The van der Waals surface area contributed by atoms with Gasteiger partial charge in [0.1, 0.15) is 0 Å². The van der Waals surface area contributed by atoms with E-state index in [1.807, 2.05) is 13.8 Å². The number of halogens is 4. The highest BCUT2D eigenvalue weighted by molar-refractivity contribution is 7.89. The smallest absolute Gasteiger partial charge is 0.330 e. The summed E-state index contributed by atoms with van der Waals surface area (Å²) in [6, 6.07) is 2.62. The van der Waals surface area contributed by atoms with Crippen LogP contribution >= 0.6 is 12.4 Å². The van der Waals surface area contributed by atoms with Crippen LogP contribution in [0.1, 0.15) is 25.0 Å². The van der Waals surface area contributed by atoms with Crippen molar-refractivity contribution >= 4 is 22.4 Å². The van der Waals surface area contributed by atoms with Crippen LogP contribution in [0, 0.1) is 12.3 Å². The van der Waals surface area contributed by atoms with E-state index < -0.39 is 27.2 Å². The van der Waals surface area contributed by atoms with E-state index in [9.17, 15) is 21.6 Å². The topological polar surface area (TPSA) is 63.4 Å². The Balaban J connectivity index is 0.00000484. The third-order valence-electron chi connectivity index (χ3n) is 3.39. The van der Waals surface area contributed by atoms with Crippen LogP contribution in [0.15, 0.2) is 23.1 Å². The van der Waals surface area contributed by atoms with Gasteiger partial charge in [-0.25, -0.2) is 12.7 Å². The summed E-state index contributed by atoms with van der Waals surface area (Å²) in [6.07, 6.45) is -4.50. The second-order valence-corrected chi connectivity index (χ2v) is 8.12. The van der Waals surface area contributed by atoms with Gasteiger partial charge in [-0.2, -0.15) is 13.2 Å². The normalized spacial score (nSPS) is 13.1. The number of hydrogen-bond donors (Lipinski definition) is 1. The molecule has 0 aliphatic heterocycles. The average molecular weight is 375 g/mol. The predicted molar refractivity (Wildman–Crippen MR) is 86.1 cm³/mol. The molecule has 0 radical (unpaired) electrons. The number of alkyl halides is 3. The Bertz CT molecular complexity index is 646. The van der Waals surface area contributed by atoms with Crippen molar-refractivity contribution in [1.29, 1.82) is 0 Å². The Morgan fingerprint density at radius 2 is 1.74 bits per heavy atom. The minimum atomic E-state index is -4.50. The molecule has 134 valence electrons. The Hall–Kier alpha value is -0.830. The molecule has 0 fully saturated rings. The molecule has 0 unspecified atom stereocenters. The van der Waals surface area contributed by atoms with Crippen LogP contribution in [0.4, 0.5) is 13.2 Å². The molecule has 4 nitrogen and oxygen atoms in total. The molecule has 2 N–H and O–H groups in total. The second kappa shape index (κ2) is 7.38. The van der Waals surface area contributed by atoms with Gasteiger partial charge in [0.05, 0.1) is 10.5 Å². The standard InChI is InChI=1S/C14H21F3N2O2S.ClH/c1-10-7-11(14(15,16)17)5-6-12(10)22(20,21)19(4)9-13(2,3)8-18;/h5-7H,8-9,18H2,1-4H3;1H. The Kier molecular flexibility index (Phi) is 7.11. The highest BCUT2D eigenvalue weighted by Gasteiger charge is 2.33. The molecule has 0 aromatic heterocycles. The summed E-state index contributed by atoms with van der Waals surface area (Å²) in [5.41, 5.74) is 4.35. The number of nitrogens with two attached hydrogens (primary N) is 1. The van der Waals surface area contributed by atoms with E-state index in [0.717, 1.165) is 22.5 Å². The SMILES string of the molecule is Cc1cc(C(F)(F)F)ccc1S(=O)(=O)N(C)CC(C)(C)CN.Cl. The fraction of sp³-hybridized carbons (Fsp3) is 0.571. The first-order valence-electron chi connectivity index (χ1n) is 6.65. The summed E-state index contributed by atoms with van der Waals surface area (Å²) in [4.78, 5) is -0.129. The first-order valence-corrected chi connectivity index (χ1v) is 8.09. The molecule has 9 heteroatoms. The molecule has 0 bridgehead atoms. The number of aryl methyl sites for hydroxylation is 1. The predicted octanol–water partition coefficient (Wildman–Crippen LogP) is 3.04. The van der Waals surface area contributed by atoms with Crippen molar-refractivity contribution in [3.8, 4) is 0 Å². The highest BCUT2D eigenvalue weighted by Crippen LogP contribution is 2.32. The third kappa shape index (κ3) is 5.34. The van der Waals surface area contributed by atoms with Gasteiger partial charge in [0, 0.05) is 13.6 Å². The van der Waals surface area contributed by atoms with E-state index in [1.54, 1.807) is 0 Å². The Morgan fingerprint density at radius 1 is 1.22 bits per heavy atom. The summed E-state index contributed by atoms with van der Waals surface area (Å²) in [7, 11) is -2.47. The van der Waals surface area contributed by atoms with Crippen LogP contribution in [0.2, 0.25) is 0 Å². The Labute approximate surface area is 141 Å². The van der Waals surface area contributed by atoms with Gasteiger partial charge in [-0.15, -0.1) is 12.4 Å². The summed E-state index contributed by atoms with van der Waals surface area (Å²) < 4.78 is 64.1. The highest BCUT2D eigenvalue weighted by atomic mass is 35.5. The van der Waals surface area contributed by atoms with E-state index in [2.05, 4.69) is 0 Å². The van der Waals surface area contributed by atoms with Gasteiger partial charge in [-0.1, -0.05) is 13.8 Å². The molecule has 0 aliphatic carbocycles. The number of hydrogen-bond acceptors (Lipinski definition) is 3. The molecule has 0 spiro atoms. The monoisotopic (exact) mass is 374 g/mol. The van der Waals surface area contributed by atoms with Gasteiger partial charge in [-0.3, -0.25) is 0 Å². The summed E-state index contributed by atoms with van der Waals surface area (Å²) in [5, 5.41) is 0. The molecular weight excluding hydrogens is 353 g/mol. The minimum Gasteiger partial charge on any atom is -0.330 e. The second-order valence-electron chi connectivity index (χ2n) is 6.11. The third-order valence-corrected chi connectivity index (χ3v) is 5.36. The van der Waals surface area contributed by atoms with Crippen molar-refractivity contribution in [2.45, 2.75) is 31.8 Å². The first-order chi connectivity index (χ1) is 9.81. The van der Waals surface area contributed by atoms with Crippen molar-refractivity contribution in [2.75, 3.05) is 20.1 Å². The lowest BCUT2D eigenvalue weighted by molar-refractivity contribution is -0.137. The van der Waals surface area contributed by atoms with Gasteiger partial charge >= 0.3 is 6.18 Å². The molecule has 0 saturated heterocycles. The van der Waals surface area contributed by atoms with Crippen molar-refractivity contribution < 1.29 is 21.6 Å².